The molecule has 0 atom stereocenters. The average Bonchev–Trinajstić information content (AvgIpc) is 2.26. The summed E-state index contributed by atoms with van der Waals surface area (Å²) in [5.41, 5.74) is 4.89. The van der Waals surface area contributed by atoms with Crippen molar-refractivity contribution in [3.8, 4) is 6.07 Å². The van der Waals surface area contributed by atoms with Crippen molar-refractivity contribution in [2.45, 2.75) is 25.8 Å². The van der Waals surface area contributed by atoms with Gasteiger partial charge in [-0.05, 0) is 26.0 Å². The second-order valence-corrected chi connectivity index (χ2v) is 4.81. The first kappa shape index (κ1) is 14.6. The molecule has 0 heterocycles. The smallest absolute Gasteiger partial charge is 0.294 e. The number of benzene rings is 1. The molecule has 0 aliphatic carbocycles. The highest BCUT2D eigenvalue weighted by Crippen LogP contribution is 2.25. The molecule has 100 valence electrons. The van der Waals surface area contributed by atoms with Crippen LogP contribution < -0.4 is 11.1 Å². The highest BCUT2D eigenvalue weighted by molar-refractivity contribution is 5.93. The van der Waals surface area contributed by atoms with Gasteiger partial charge in [-0.15, -0.1) is 0 Å². The lowest BCUT2D eigenvalue weighted by molar-refractivity contribution is -0.383. The van der Waals surface area contributed by atoms with E-state index in [1.165, 1.54) is 12.1 Å². The number of nitriles is 1. The van der Waals surface area contributed by atoms with Crippen LogP contribution in [0, 0.1) is 21.4 Å². The molecule has 19 heavy (non-hydrogen) atoms. The van der Waals surface area contributed by atoms with Crippen molar-refractivity contribution in [1.29, 1.82) is 5.26 Å². The molecule has 1 rings (SSSR count). The van der Waals surface area contributed by atoms with Gasteiger partial charge in [-0.25, -0.2) is 0 Å². The summed E-state index contributed by atoms with van der Waals surface area (Å²) in [5.74, 6) is -0.416. The highest BCUT2D eigenvalue weighted by Gasteiger charge is 2.20. The first-order chi connectivity index (χ1) is 8.73. The Bertz CT molecular complexity index is 555. The molecule has 0 bridgehead atoms. The lowest BCUT2D eigenvalue weighted by atomic mass is 10.0. The second-order valence-electron chi connectivity index (χ2n) is 4.81. The summed E-state index contributed by atoms with van der Waals surface area (Å²) in [7, 11) is 0. The van der Waals surface area contributed by atoms with Crippen LogP contribution in [0.25, 0.3) is 0 Å². The zero-order valence-corrected chi connectivity index (χ0v) is 10.6. The fourth-order valence-corrected chi connectivity index (χ4v) is 1.47. The molecule has 7 nitrogen and oxygen atoms in total. The van der Waals surface area contributed by atoms with Gasteiger partial charge in [0.1, 0.15) is 5.69 Å². The predicted octanol–water partition coefficient (Wildman–Crippen LogP) is 1.53. The second kappa shape index (κ2) is 5.46. The maximum Gasteiger partial charge on any atom is 0.294 e. The third-order valence-corrected chi connectivity index (χ3v) is 2.21. The van der Waals surface area contributed by atoms with Gasteiger partial charge < -0.3 is 11.1 Å². The minimum Gasteiger partial charge on any atom is -0.325 e. The minimum absolute atomic E-state index is 0.0319. The number of carbonyl (C=O) groups excluding carboxylic acids is 1. The summed E-state index contributed by atoms with van der Waals surface area (Å²) < 4.78 is 0. The molecule has 7 heteroatoms. The molecule has 0 aliphatic rings. The fourth-order valence-electron chi connectivity index (χ4n) is 1.47. The van der Waals surface area contributed by atoms with E-state index in [0.717, 1.165) is 6.07 Å². The number of nitro benzene ring substituents is 1. The summed E-state index contributed by atoms with van der Waals surface area (Å²) in [5, 5.41) is 22.0. The van der Waals surface area contributed by atoms with Crippen LogP contribution in [0.2, 0.25) is 0 Å². The van der Waals surface area contributed by atoms with Gasteiger partial charge in [-0.3, -0.25) is 14.9 Å². The highest BCUT2D eigenvalue weighted by atomic mass is 16.6. The van der Waals surface area contributed by atoms with Crippen LogP contribution in [0.1, 0.15) is 25.8 Å². The van der Waals surface area contributed by atoms with E-state index >= 15 is 0 Å². The third-order valence-electron chi connectivity index (χ3n) is 2.21. The van der Waals surface area contributed by atoms with E-state index in [4.69, 9.17) is 11.0 Å². The largest absolute Gasteiger partial charge is 0.325 e. The summed E-state index contributed by atoms with van der Waals surface area (Å²) in [4.78, 5) is 21.9. The molecule has 0 fully saturated rings. The van der Waals surface area contributed by atoms with Gasteiger partial charge in [-0.1, -0.05) is 0 Å². The van der Waals surface area contributed by atoms with E-state index in [1.54, 1.807) is 19.9 Å². The van der Waals surface area contributed by atoms with Crippen LogP contribution in [-0.2, 0) is 4.79 Å². The summed E-state index contributed by atoms with van der Waals surface area (Å²) in [6.07, 6.45) is 0.0319. The number of nitro groups is 1. The Balaban J connectivity index is 2.99. The van der Waals surface area contributed by atoms with Gasteiger partial charge in [0.25, 0.3) is 5.69 Å². The lowest BCUT2D eigenvalue weighted by Gasteiger charge is -2.17. The van der Waals surface area contributed by atoms with Gasteiger partial charge in [0.05, 0.1) is 16.6 Å². The summed E-state index contributed by atoms with van der Waals surface area (Å²) in [6, 6.07) is 5.65. The van der Waals surface area contributed by atoms with Crippen molar-refractivity contribution in [2.24, 2.45) is 5.73 Å². The Hall–Kier alpha value is -2.46. The van der Waals surface area contributed by atoms with Crippen LogP contribution in [0.5, 0.6) is 0 Å². The van der Waals surface area contributed by atoms with Crippen LogP contribution in [0.15, 0.2) is 18.2 Å². The molecule has 0 unspecified atom stereocenters. The Morgan fingerprint density at radius 3 is 2.68 bits per heavy atom. The van der Waals surface area contributed by atoms with Crippen molar-refractivity contribution >= 4 is 17.3 Å². The topological polar surface area (TPSA) is 122 Å². The summed E-state index contributed by atoms with van der Waals surface area (Å²) >= 11 is 0. The number of nitrogens with zero attached hydrogens (tertiary/aromatic N) is 2. The maximum absolute atomic E-state index is 11.7. The molecule has 0 radical (unpaired) electrons. The molecule has 1 aromatic carbocycles. The molecular formula is C12H14N4O3. The van der Waals surface area contributed by atoms with Gasteiger partial charge in [-0.2, -0.15) is 5.26 Å². The molecule has 0 saturated heterocycles. The molecule has 0 spiro atoms. The minimum atomic E-state index is -0.703. The third kappa shape index (κ3) is 4.37. The lowest BCUT2D eigenvalue weighted by Crippen LogP contribution is -2.36. The van der Waals surface area contributed by atoms with E-state index in [9.17, 15) is 14.9 Å². The Morgan fingerprint density at radius 1 is 1.58 bits per heavy atom. The Kier molecular flexibility index (Phi) is 4.19. The molecule has 0 aliphatic heterocycles. The zero-order valence-electron chi connectivity index (χ0n) is 10.6. The fraction of sp³-hybridized carbons (Fsp3) is 0.333. The normalized spacial score (nSPS) is 10.6. The molecule has 3 N–H and O–H groups in total. The van der Waals surface area contributed by atoms with E-state index < -0.39 is 16.4 Å². The molecule has 1 amide bonds. The SMILES string of the molecule is CC(C)(N)CC(=O)Nc1ccc(C#N)cc1[N+](=O)[O-]. The van der Waals surface area contributed by atoms with Crippen molar-refractivity contribution < 1.29 is 9.72 Å². The number of nitrogens with one attached hydrogen (secondary N) is 1. The standard InChI is InChI=1S/C12H14N4O3/c1-12(2,14)6-11(17)15-9-4-3-8(7-13)5-10(9)16(18)19/h3-5H,6,14H2,1-2H3,(H,15,17). The number of amides is 1. The van der Waals surface area contributed by atoms with Crippen LogP contribution in [-0.4, -0.2) is 16.4 Å². The van der Waals surface area contributed by atoms with E-state index in [-0.39, 0.29) is 23.4 Å². The van der Waals surface area contributed by atoms with Crippen molar-refractivity contribution in [2.75, 3.05) is 5.32 Å². The van der Waals surface area contributed by atoms with Gasteiger partial charge in [0.2, 0.25) is 5.91 Å². The molecular weight excluding hydrogens is 248 g/mol. The van der Waals surface area contributed by atoms with Crippen LogP contribution in [0.4, 0.5) is 11.4 Å². The number of hydrogen-bond acceptors (Lipinski definition) is 5. The first-order valence-corrected chi connectivity index (χ1v) is 5.50. The number of hydrogen-bond donors (Lipinski definition) is 2. The van der Waals surface area contributed by atoms with Gasteiger partial charge in [0.15, 0.2) is 0 Å². The molecule has 0 aromatic heterocycles. The first-order valence-electron chi connectivity index (χ1n) is 5.50. The Labute approximate surface area is 110 Å². The number of rotatable bonds is 4. The number of carbonyl (C=O) groups is 1. The molecule has 1 aromatic rings. The van der Waals surface area contributed by atoms with Crippen LogP contribution >= 0.6 is 0 Å². The van der Waals surface area contributed by atoms with E-state index in [1.807, 2.05) is 0 Å². The molecule has 0 saturated carbocycles. The van der Waals surface area contributed by atoms with E-state index in [0.29, 0.717) is 0 Å². The van der Waals surface area contributed by atoms with Crippen LogP contribution in [0.3, 0.4) is 0 Å². The number of anilines is 1. The average molecular weight is 262 g/mol. The maximum atomic E-state index is 11.7. The van der Waals surface area contributed by atoms with Gasteiger partial charge >= 0.3 is 0 Å². The predicted molar refractivity (Wildman–Crippen MR) is 69.3 cm³/mol. The quantitative estimate of drug-likeness (QED) is 0.629. The van der Waals surface area contributed by atoms with E-state index in [2.05, 4.69) is 5.32 Å². The number of nitrogens with two attached hydrogens (primary N) is 1. The monoisotopic (exact) mass is 262 g/mol. The van der Waals surface area contributed by atoms with Crippen molar-refractivity contribution in [3.05, 3.63) is 33.9 Å². The zero-order chi connectivity index (χ0) is 14.6. The van der Waals surface area contributed by atoms with Gasteiger partial charge in [0, 0.05) is 18.0 Å². The Morgan fingerprint density at radius 2 is 2.21 bits per heavy atom. The van der Waals surface area contributed by atoms with Crippen molar-refractivity contribution in [1.82, 2.24) is 0 Å². The van der Waals surface area contributed by atoms with Crippen molar-refractivity contribution in [3.63, 3.8) is 0 Å². The summed E-state index contributed by atoms with van der Waals surface area (Å²) in [6.45, 7) is 3.36.